The third-order valence-electron chi connectivity index (χ3n) is 3.22. The summed E-state index contributed by atoms with van der Waals surface area (Å²) in [7, 11) is 0. The van der Waals surface area contributed by atoms with Gasteiger partial charge >= 0.3 is 0 Å². The Balaban J connectivity index is 1.95. The van der Waals surface area contributed by atoms with Crippen molar-refractivity contribution in [3.8, 4) is 5.69 Å². The largest absolute Gasteiger partial charge is 0.383 e. The first-order valence-electron chi connectivity index (χ1n) is 6.80. The van der Waals surface area contributed by atoms with Crippen molar-refractivity contribution < 1.29 is 9.18 Å². The predicted octanol–water partition coefficient (Wildman–Crippen LogP) is 4.90. The van der Waals surface area contributed by atoms with Crippen LogP contribution in [-0.2, 0) is 0 Å². The molecule has 0 saturated carbocycles. The molecule has 8 heteroatoms. The number of amides is 1. The second-order valence-electron chi connectivity index (χ2n) is 4.86. The number of hydrogen-bond donors (Lipinski definition) is 2. The summed E-state index contributed by atoms with van der Waals surface area (Å²) in [6.45, 7) is 0. The van der Waals surface area contributed by atoms with E-state index in [0.717, 1.165) is 11.3 Å². The minimum Gasteiger partial charge on any atom is -0.383 e. The number of benzene rings is 2. The molecule has 0 aliphatic rings. The zero-order valence-electron chi connectivity index (χ0n) is 12.1. The molecule has 2 aromatic carbocycles. The molecule has 0 aliphatic carbocycles. The van der Waals surface area contributed by atoms with Crippen molar-refractivity contribution in [1.29, 1.82) is 0 Å². The fraction of sp³-hybridized carbons (Fsp3) is 0. The second-order valence-corrected chi connectivity index (χ2v) is 6.94. The van der Waals surface area contributed by atoms with Crippen LogP contribution in [0.5, 0.6) is 0 Å². The first-order chi connectivity index (χ1) is 11.5. The maximum absolute atomic E-state index is 13.2. The molecule has 1 heterocycles. The van der Waals surface area contributed by atoms with Gasteiger partial charge in [-0.3, -0.25) is 9.36 Å². The van der Waals surface area contributed by atoms with E-state index in [1.54, 1.807) is 34.9 Å². The first kappa shape index (κ1) is 16.6. The topological polar surface area (TPSA) is 60.1 Å². The van der Waals surface area contributed by atoms with Gasteiger partial charge in [0.2, 0.25) is 0 Å². The summed E-state index contributed by atoms with van der Waals surface area (Å²) < 4.78 is 15.2. The van der Waals surface area contributed by atoms with Gasteiger partial charge in [-0.15, -0.1) is 0 Å². The number of rotatable bonds is 3. The lowest BCUT2D eigenvalue weighted by molar-refractivity contribution is 0.103. The Kier molecular flexibility index (Phi) is 4.66. The lowest BCUT2D eigenvalue weighted by Gasteiger charge is -2.07. The Morgan fingerprint density at radius 3 is 2.62 bits per heavy atom. The van der Waals surface area contributed by atoms with Crippen LogP contribution < -0.4 is 11.1 Å². The summed E-state index contributed by atoms with van der Waals surface area (Å²) in [6, 6.07) is 12.6. The minimum atomic E-state index is -0.443. The minimum absolute atomic E-state index is 0.223. The highest BCUT2D eigenvalue weighted by Crippen LogP contribution is 2.27. The summed E-state index contributed by atoms with van der Waals surface area (Å²) in [4.78, 5) is 12.7. The molecule has 0 atom stereocenters. The van der Waals surface area contributed by atoms with Gasteiger partial charge in [-0.2, -0.15) is 0 Å². The smallest absolute Gasteiger partial charge is 0.269 e. The van der Waals surface area contributed by atoms with Gasteiger partial charge in [-0.1, -0.05) is 29.0 Å². The van der Waals surface area contributed by atoms with Crippen molar-refractivity contribution in [3.63, 3.8) is 0 Å². The van der Waals surface area contributed by atoms with Crippen LogP contribution in [-0.4, -0.2) is 10.5 Å². The highest BCUT2D eigenvalue weighted by molar-refractivity contribution is 7.73. The average molecular weight is 380 g/mol. The van der Waals surface area contributed by atoms with Crippen molar-refractivity contribution in [3.05, 3.63) is 68.2 Å². The quantitative estimate of drug-likeness (QED) is 0.636. The van der Waals surface area contributed by atoms with Gasteiger partial charge in [0, 0.05) is 16.4 Å². The van der Waals surface area contributed by atoms with Gasteiger partial charge in [-0.05, 0) is 54.7 Å². The van der Waals surface area contributed by atoms with E-state index in [9.17, 15) is 9.18 Å². The lowest BCUT2D eigenvalue weighted by Crippen LogP contribution is -2.13. The van der Waals surface area contributed by atoms with Crippen LogP contribution in [0, 0.1) is 9.77 Å². The van der Waals surface area contributed by atoms with Crippen LogP contribution in [0.25, 0.3) is 5.69 Å². The first-order valence-corrected chi connectivity index (χ1v) is 8.40. The Labute approximate surface area is 151 Å². The van der Waals surface area contributed by atoms with Crippen LogP contribution in [0.15, 0.2) is 48.5 Å². The van der Waals surface area contributed by atoms with Gasteiger partial charge < -0.3 is 11.1 Å². The molecule has 24 heavy (non-hydrogen) atoms. The van der Waals surface area contributed by atoms with E-state index in [-0.39, 0.29) is 10.7 Å². The predicted molar refractivity (Wildman–Crippen MR) is 98.3 cm³/mol. The fourth-order valence-electron chi connectivity index (χ4n) is 2.14. The SMILES string of the molecule is Nc1c(C(=O)Nc2cccc(F)c2)sc(=S)n1-c1ccc(Cl)cc1. The van der Waals surface area contributed by atoms with E-state index in [4.69, 9.17) is 29.6 Å². The highest BCUT2D eigenvalue weighted by atomic mass is 35.5. The molecule has 3 rings (SSSR count). The molecule has 3 aromatic rings. The molecular weight excluding hydrogens is 369 g/mol. The lowest BCUT2D eigenvalue weighted by atomic mass is 10.3. The van der Waals surface area contributed by atoms with Gasteiger partial charge in [-0.25, -0.2) is 4.39 Å². The van der Waals surface area contributed by atoms with Gasteiger partial charge in [0.1, 0.15) is 16.5 Å². The summed E-state index contributed by atoms with van der Waals surface area (Å²) in [5, 5.41) is 3.20. The van der Waals surface area contributed by atoms with Crippen LogP contribution in [0.2, 0.25) is 5.02 Å². The number of nitrogens with zero attached hydrogens (tertiary/aromatic N) is 1. The van der Waals surface area contributed by atoms with E-state index < -0.39 is 11.7 Å². The number of thiazole rings is 1. The summed E-state index contributed by atoms with van der Waals surface area (Å²) in [5.74, 6) is -0.657. The molecule has 0 aliphatic heterocycles. The van der Waals surface area contributed by atoms with E-state index >= 15 is 0 Å². The fourth-order valence-corrected chi connectivity index (χ4v) is 3.53. The number of nitrogens with one attached hydrogen (secondary N) is 1. The molecule has 122 valence electrons. The number of carbonyl (C=O) groups is 1. The Hall–Kier alpha value is -2.22. The molecule has 0 saturated heterocycles. The van der Waals surface area contributed by atoms with Gasteiger partial charge in [0.05, 0.1) is 0 Å². The molecule has 1 aromatic heterocycles. The standard InChI is InChI=1S/C16H11ClFN3OS2/c17-9-4-6-12(7-5-9)21-14(19)13(24-16(21)23)15(22)20-11-3-1-2-10(18)8-11/h1-8H,19H2,(H,20,22). The molecular formula is C16H11ClFN3OS2. The Morgan fingerprint density at radius 1 is 1.25 bits per heavy atom. The van der Waals surface area contributed by atoms with E-state index in [0.29, 0.717) is 20.4 Å². The summed E-state index contributed by atoms with van der Waals surface area (Å²) >= 11 is 12.3. The molecule has 3 N–H and O–H groups in total. The average Bonchev–Trinajstić information content (AvgIpc) is 2.83. The number of hydrogen-bond acceptors (Lipinski definition) is 4. The zero-order chi connectivity index (χ0) is 17.3. The van der Waals surface area contributed by atoms with E-state index in [1.807, 2.05) is 0 Å². The van der Waals surface area contributed by atoms with Crippen LogP contribution in [0.1, 0.15) is 9.67 Å². The van der Waals surface area contributed by atoms with Gasteiger partial charge in [0.15, 0.2) is 3.95 Å². The number of nitrogens with two attached hydrogens (primary N) is 1. The molecule has 0 spiro atoms. The monoisotopic (exact) mass is 379 g/mol. The second kappa shape index (κ2) is 6.72. The van der Waals surface area contributed by atoms with Crippen LogP contribution >= 0.6 is 35.2 Å². The summed E-state index contributed by atoms with van der Waals surface area (Å²) in [6.07, 6.45) is 0. The Bertz CT molecular complexity index is 966. The third kappa shape index (κ3) is 3.33. The van der Waals surface area contributed by atoms with Crippen molar-refractivity contribution in [1.82, 2.24) is 4.57 Å². The van der Waals surface area contributed by atoms with Crippen molar-refractivity contribution >= 4 is 52.6 Å². The third-order valence-corrected chi connectivity index (χ3v) is 4.86. The van der Waals surface area contributed by atoms with Crippen LogP contribution in [0.4, 0.5) is 15.9 Å². The zero-order valence-corrected chi connectivity index (χ0v) is 14.5. The molecule has 0 fully saturated rings. The normalized spacial score (nSPS) is 10.6. The van der Waals surface area contributed by atoms with Crippen molar-refractivity contribution in [2.45, 2.75) is 0 Å². The van der Waals surface area contributed by atoms with E-state index in [1.165, 1.54) is 18.2 Å². The number of aromatic nitrogens is 1. The molecule has 4 nitrogen and oxygen atoms in total. The van der Waals surface area contributed by atoms with Crippen molar-refractivity contribution in [2.75, 3.05) is 11.1 Å². The highest BCUT2D eigenvalue weighted by Gasteiger charge is 2.18. The maximum atomic E-state index is 13.2. The van der Waals surface area contributed by atoms with Gasteiger partial charge in [0.25, 0.3) is 5.91 Å². The van der Waals surface area contributed by atoms with Crippen LogP contribution in [0.3, 0.4) is 0 Å². The molecule has 0 unspecified atom stereocenters. The summed E-state index contributed by atoms with van der Waals surface area (Å²) in [5.41, 5.74) is 7.15. The molecule has 0 bridgehead atoms. The Morgan fingerprint density at radius 2 is 1.96 bits per heavy atom. The molecule has 1 amide bonds. The maximum Gasteiger partial charge on any atom is 0.269 e. The molecule has 0 radical (unpaired) electrons. The van der Waals surface area contributed by atoms with Crippen molar-refractivity contribution in [2.24, 2.45) is 0 Å². The number of carbonyl (C=O) groups excluding carboxylic acids is 1. The number of halogens is 2. The number of nitrogen functional groups attached to an aromatic ring is 1. The van der Waals surface area contributed by atoms with E-state index in [2.05, 4.69) is 5.32 Å². The number of anilines is 2.